The number of pyridine rings is 1. The lowest BCUT2D eigenvalue weighted by Gasteiger charge is -2.39. The molecule has 1 aromatic rings. The van der Waals surface area contributed by atoms with Gasteiger partial charge in [0.2, 0.25) is 0 Å². The van der Waals surface area contributed by atoms with Crippen LogP contribution in [0.15, 0.2) is 12.1 Å². The highest BCUT2D eigenvalue weighted by atomic mass is 35.5. The third kappa shape index (κ3) is 3.35. The van der Waals surface area contributed by atoms with Crippen molar-refractivity contribution in [1.82, 2.24) is 4.98 Å². The topological polar surface area (TPSA) is 68.1 Å². The molecule has 0 aliphatic heterocycles. The fourth-order valence-electron chi connectivity index (χ4n) is 2.60. The van der Waals surface area contributed by atoms with Crippen LogP contribution in [0.5, 0.6) is 0 Å². The van der Waals surface area contributed by atoms with Gasteiger partial charge in [-0.05, 0) is 18.3 Å². The maximum Gasteiger partial charge on any atom is 0.276 e. The van der Waals surface area contributed by atoms with Crippen molar-refractivity contribution in [2.75, 3.05) is 5.32 Å². The second-order valence-corrected chi connectivity index (χ2v) is 6.11. The van der Waals surface area contributed by atoms with E-state index in [1.807, 2.05) is 0 Å². The predicted molar refractivity (Wildman–Crippen MR) is 75.6 cm³/mol. The SMILES string of the molecule is CC1(C)CCCCC1Nc1cc([N+](=O)[O-])cc(Cl)n1. The number of nitrogens with zero attached hydrogens (tertiary/aromatic N) is 2. The largest absolute Gasteiger partial charge is 0.367 e. The van der Waals surface area contributed by atoms with Crippen molar-refractivity contribution in [3.63, 3.8) is 0 Å². The number of hydrogen-bond acceptors (Lipinski definition) is 4. The van der Waals surface area contributed by atoms with Gasteiger partial charge in [0.15, 0.2) is 0 Å². The first-order valence-corrected chi connectivity index (χ1v) is 6.85. The van der Waals surface area contributed by atoms with Crippen LogP contribution < -0.4 is 5.32 Å². The first-order chi connectivity index (χ1) is 8.88. The van der Waals surface area contributed by atoms with E-state index in [2.05, 4.69) is 24.1 Å². The van der Waals surface area contributed by atoms with Crippen LogP contribution in [0.3, 0.4) is 0 Å². The molecule has 0 amide bonds. The molecule has 0 aromatic carbocycles. The van der Waals surface area contributed by atoms with Crippen LogP contribution in [0.2, 0.25) is 5.15 Å². The molecule has 6 heteroatoms. The molecule has 104 valence electrons. The normalized spacial score (nSPS) is 21.9. The Morgan fingerprint density at radius 2 is 2.21 bits per heavy atom. The molecule has 5 nitrogen and oxygen atoms in total. The van der Waals surface area contributed by atoms with E-state index in [-0.39, 0.29) is 22.3 Å². The monoisotopic (exact) mass is 283 g/mol. The van der Waals surface area contributed by atoms with Crippen LogP contribution in [0.1, 0.15) is 39.5 Å². The van der Waals surface area contributed by atoms with Gasteiger partial charge >= 0.3 is 0 Å². The zero-order valence-corrected chi connectivity index (χ0v) is 11.9. The van der Waals surface area contributed by atoms with Gasteiger partial charge in [0.25, 0.3) is 5.69 Å². The molecule has 2 rings (SSSR count). The Labute approximate surface area is 117 Å². The third-order valence-corrected chi connectivity index (χ3v) is 4.01. The first-order valence-electron chi connectivity index (χ1n) is 6.47. The van der Waals surface area contributed by atoms with Gasteiger partial charge in [-0.25, -0.2) is 4.98 Å². The summed E-state index contributed by atoms with van der Waals surface area (Å²) in [5.74, 6) is 0.485. The number of anilines is 1. The fourth-order valence-corrected chi connectivity index (χ4v) is 2.81. The molecule has 1 N–H and O–H groups in total. The Morgan fingerprint density at radius 3 is 2.84 bits per heavy atom. The molecule has 0 radical (unpaired) electrons. The average molecular weight is 284 g/mol. The summed E-state index contributed by atoms with van der Waals surface area (Å²) in [4.78, 5) is 14.5. The van der Waals surface area contributed by atoms with Gasteiger partial charge in [-0.15, -0.1) is 0 Å². The summed E-state index contributed by atoms with van der Waals surface area (Å²) in [5.41, 5.74) is 0.132. The molecule has 1 heterocycles. The summed E-state index contributed by atoms with van der Waals surface area (Å²) in [6.45, 7) is 4.42. The quantitative estimate of drug-likeness (QED) is 0.517. The van der Waals surface area contributed by atoms with Gasteiger partial charge < -0.3 is 5.32 Å². The van der Waals surface area contributed by atoms with Crippen LogP contribution in [0, 0.1) is 15.5 Å². The molecule has 0 spiro atoms. The van der Waals surface area contributed by atoms with Crippen molar-refractivity contribution >= 4 is 23.1 Å². The van der Waals surface area contributed by atoms with E-state index in [9.17, 15) is 10.1 Å². The van der Waals surface area contributed by atoms with E-state index in [0.717, 1.165) is 12.8 Å². The highest BCUT2D eigenvalue weighted by molar-refractivity contribution is 6.29. The van der Waals surface area contributed by atoms with E-state index in [1.54, 1.807) is 0 Å². The molecule has 0 bridgehead atoms. The van der Waals surface area contributed by atoms with E-state index in [0.29, 0.717) is 5.82 Å². The molecular formula is C13H18ClN3O2. The Morgan fingerprint density at radius 1 is 1.47 bits per heavy atom. The van der Waals surface area contributed by atoms with Gasteiger partial charge in [-0.3, -0.25) is 10.1 Å². The first kappa shape index (κ1) is 14.1. The Hall–Kier alpha value is -1.36. The molecule has 1 atom stereocenters. The van der Waals surface area contributed by atoms with Crippen LogP contribution in [-0.4, -0.2) is 15.9 Å². The average Bonchev–Trinajstić information content (AvgIpc) is 2.31. The zero-order chi connectivity index (χ0) is 14.0. The molecule has 1 aliphatic carbocycles. The van der Waals surface area contributed by atoms with Crippen molar-refractivity contribution in [2.45, 2.75) is 45.6 Å². The van der Waals surface area contributed by atoms with Crippen molar-refractivity contribution in [3.8, 4) is 0 Å². The number of hydrogen-bond donors (Lipinski definition) is 1. The van der Waals surface area contributed by atoms with Crippen LogP contribution >= 0.6 is 11.6 Å². The number of aromatic nitrogens is 1. The zero-order valence-electron chi connectivity index (χ0n) is 11.1. The summed E-state index contributed by atoms with van der Waals surface area (Å²) in [7, 11) is 0. The van der Waals surface area contributed by atoms with E-state index in [1.165, 1.54) is 25.0 Å². The Kier molecular flexibility index (Phi) is 3.94. The molecule has 19 heavy (non-hydrogen) atoms. The van der Waals surface area contributed by atoms with Gasteiger partial charge in [0.1, 0.15) is 11.0 Å². The number of nitrogens with one attached hydrogen (secondary N) is 1. The molecule has 1 fully saturated rings. The second kappa shape index (κ2) is 5.33. The number of rotatable bonds is 3. The standard InChI is InChI=1S/C13H18ClN3O2/c1-13(2)6-4-3-5-10(13)15-12-8-9(17(18)19)7-11(14)16-12/h7-8,10H,3-6H2,1-2H3,(H,15,16). The minimum Gasteiger partial charge on any atom is -0.367 e. The predicted octanol–water partition coefficient (Wildman–Crippen LogP) is 4.02. The molecule has 1 saturated carbocycles. The van der Waals surface area contributed by atoms with Gasteiger partial charge in [0, 0.05) is 6.04 Å². The summed E-state index contributed by atoms with van der Waals surface area (Å²) in [6.07, 6.45) is 4.60. The Bertz CT molecular complexity index is 491. The molecule has 1 aromatic heterocycles. The van der Waals surface area contributed by atoms with Crippen molar-refractivity contribution < 1.29 is 4.92 Å². The van der Waals surface area contributed by atoms with E-state index in [4.69, 9.17) is 11.6 Å². The highest BCUT2D eigenvalue weighted by Gasteiger charge is 2.32. The second-order valence-electron chi connectivity index (χ2n) is 5.72. The number of halogens is 1. The number of nitro groups is 1. The lowest BCUT2D eigenvalue weighted by molar-refractivity contribution is -0.384. The minimum atomic E-state index is -0.454. The van der Waals surface area contributed by atoms with Crippen molar-refractivity contribution in [3.05, 3.63) is 27.4 Å². The molecule has 1 aliphatic rings. The lowest BCUT2D eigenvalue weighted by Crippen LogP contribution is -2.39. The summed E-state index contributed by atoms with van der Waals surface area (Å²) in [5, 5.41) is 14.3. The smallest absolute Gasteiger partial charge is 0.276 e. The van der Waals surface area contributed by atoms with E-state index < -0.39 is 4.92 Å². The van der Waals surface area contributed by atoms with Crippen molar-refractivity contribution in [2.24, 2.45) is 5.41 Å². The van der Waals surface area contributed by atoms with Gasteiger partial charge in [-0.2, -0.15) is 0 Å². The highest BCUT2D eigenvalue weighted by Crippen LogP contribution is 2.37. The van der Waals surface area contributed by atoms with Crippen LogP contribution in [0.25, 0.3) is 0 Å². The lowest BCUT2D eigenvalue weighted by atomic mass is 9.73. The molecule has 0 saturated heterocycles. The van der Waals surface area contributed by atoms with Gasteiger partial charge in [0.05, 0.1) is 17.1 Å². The summed E-state index contributed by atoms with van der Waals surface area (Å²) in [6, 6.07) is 2.97. The molecular weight excluding hydrogens is 266 g/mol. The Balaban J connectivity index is 2.20. The van der Waals surface area contributed by atoms with Crippen LogP contribution in [0.4, 0.5) is 11.5 Å². The third-order valence-electron chi connectivity index (χ3n) is 3.82. The molecule has 1 unspecified atom stereocenters. The van der Waals surface area contributed by atoms with Gasteiger partial charge in [-0.1, -0.05) is 38.3 Å². The maximum absolute atomic E-state index is 10.8. The fraction of sp³-hybridized carbons (Fsp3) is 0.615. The summed E-state index contributed by atoms with van der Waals surface area (Å²) >= 11 is 5.83. The maximum atomic E-state index is 10.8. The van der Waals surface area contributed by atoms with E-state index >= 15 is 0 Å². The van der Waals surface area contributed by atoms with Crippen LogP contribution in [-0.2, 0) is 0 Å². The van der Waals surface area contributed by atoms with Crippen molar-refractivity contribution in [1.29, 1.82) is 0 Å². The summed E-state index contributed by atoms with van der Waals surface area (Å²) < 4.78 is 0. The minimum absolute atomic E-state index is 0.0314.